The van der Waals surface area contributed by atoms with Crippen LogP contribution in [0.2, 0.25) is 0 Å². The largest absolute Gasteiger partial charge is 0.469 e. The summed E-state index contributed by atoms with van der Waals surface area (Å²) in [6.45, 7) is 7.72. The Morgan fingerprint density at radius 3 is 2.16 bits per heavy atom. The average Bonchev–Trinajstić information content (AvgIpc) is 2.38. The van der Waals surface area contributed by atoms with Gasteiger partial charge in [-0.3, -0.25) is 4.79 Å². The first-order chi connectivity index (χ1) is 8.79. The van der Waals surface area contributed by atoms with Gasteiger partial charge in [-0.25, -0.2) is 0 Å². The summed E-state index contributed by atoms with van der Waals surface area (Å²) in [6, 6.07) is 9.74. The Morgan fingerprint density at radius 2 is 1.74 bits per heavy atom. The molecule has 0 amide bonds. The molecule has 19 heavy (non-hydrogen) atoms. The summed E-state index contributed by atoms with van der Waals surface area (Å²) in [6.07, 6.45) is -0.754. The number of aliphatic hydroxyl groups excluding tert-OH is 1. The zero-order chi connectivity index (χ0) is 14.6. The summed E-state index contributed by atoms with van der Waals surface area (Å²) in [5.41, 5.74) is 0.656. The van der Waals surface area contributed by atoms with Crippen LogP contribution in [0, 0.1) is 11.3 Å². The fourth-order valence-electron chi connectivity index (χ4n) is 2.25. The third kappa shape index (κ3) is 3.80. The van der Waals surface area contributed by atoms with Crippen molar-refractivity contribution in [2.75, 3.05) is 7.11 Å². The van der Waals surface area contributed by atoms with Gasteiger partial charge in [0, 0.05) is 0 Å². The zero-order valence-electron chi connectivity index (χ0n) is 12.4. The molecule has 0 aliphatic rings. The van der Waals surface area contributed by atoms with Gasteiger partial charge in [-0.1, -0.05) is 58.0 Å². The number of carbonyl (C=O) groups excluding carboxylic acids is 1. The van der Waals surface area contributed by atoms with Gasteiger partial charge >= 0.3 is 5.97 Å². The lowest BCUT2D eigenvalue weighted by molar-refractivity contribution is -0.153. The molecule has 1 rings (SSSR count). The van der Waals surface area contributed by atoms with E-state index < -0.39 is 12.0 Å². The highest BCUT2D eigenvalue weighted by Crippen LogP contribution is 2.35. The molecule has 0 unspecified atom stereocenters. The fourth-order valence-corrected chi connectivity index (χ4v) is 2.25. The lowest BCUT2D eigenvalue weighted by Crippen LogP contribution is -2.41. The van der Waals surface area contributed by atoms with Crippen molar-refractivity contribution in [2.45, 2.75) is 39.7 Å². The van der Waals surface area contributed by atoms with Crippen molar-refractivity contribution in [3.8, 4) is 0 Å². The predicted molar refractivity (Wildman–Crippen MR) is 75.8 cm³/mol. The van der Waals surface area contributed by atoms with Crippen molar-refractivity contribution in [2.24, 2.45) is 11.3 Å². The van der Waals surface area contributed by atoms with E-state index in [1.807, 2.05) is 58.0 Å². The summed E-state index contributed by atoms with van der Waals surface area (Å²) < 4.78 is 4.87. The molecule has 0 aliphatic heterocycles. The van der Waals surface area contributed by atoms with Crippen molar-refractivity contribution in [1.82, 2.24) is 0 Å². The van der Waals surface area contributed by atoms with Crippen LogP contribution in [0.4, 0.5) is 0 Å². The van der Waals surface area contributed by atoms with Gasteiger partial charge in [-0.05, 0) is 16.9 Å². The van der Waals surface area contributed by atoms with E-state index in [2.05, 4.69) is 0 Å². The van der Waals surface area contributed by atoms with Crippen molar-refractivity contribution >= 4 is 5.97 Å². The molecule has 3 atom stereocenters. The molecule has 0 aliphatic carbocycles. The van der Waals surface area contributed by atoms with E-state index in [1.54, 1.807) is 0 Å². The minimum Gasteiger partial charge on any atom is -0.469 e. The molecule has 0 saturated carbocycles. The average molecular weight is 264 g/mol. The van der Waals surface area contributed by atoms with E-state index in [0.717, 1.165) is 5.56 Å². The van der Waals surface area contributed by atoms with Crippen molar-refractivity contribution in [3.05, 3.63) is 35.9 Å². The quantitative estimate of drug-likeness (QED) is 0.850. The number of rotatable bonds is 4. The minimum absolute atomic E-state index is 0.0946. The van der Waals surface area contributed by atoms with E-state index >= 15 is 0 Å². The van der Waals surface area contributed by atoms with E-state index in [1.165, 1.54) is 7.11 Å². The lowest BCUT2D eigenvalue weighted by atomic mass is 9.74. The van der Waals surface area contributed by atoms with Crippen molar-refractivity contribution < 1.29 is 14.6 Å². The summed E-state index contributed by atoms with van der Waals surface area (Å²) in [5, 5.41) is 10.5. The Labute approximate surface area is 115 Å². The number of esters is 1. The standard InChI is InChI=1S/C16H24O3/c1-11(12-9-7-6-8-10-12)13(15(18)19-5)14(17)16(2,3)4/h6-11,13-14,17H,1-5H3/t11-,13+,14+/m1/s1. The van der Waals surface area contributed by atoms with Gasteiger partial charge in [-0.15, -0.1) is 0 Å². The van der Waals surface area contributed by atoms with Crippen LogP contribution >= 0.6 is 0 Å². The Kier molecular flexibility index (Phi) is 5.12. The highest BCUT2D eigenvalue weighted by atomic mass is 16.5. The Hall–Kier alpha value is -1.35. The van der Waals surface area contributed by atoms with Crippen LogP contribution in [0.1, 0.15) is 39.2 Å². The summed E-state index contributed by atoms with van der Waals surface area (Å²) in [4.78, 5) is 12.0. The maximum atomic E-state index is 12.0. The molecule has 106 valence electrons. The van der Waals surface area contributed by atoms with Gasteiger partial charge in [0.2, 0.25) is 0 Å². The topological polar surface area (TPSA) is 46.5 Å². The van der Waals surface area contributed by atoms with Gasteiger partial charge in [-0.2, -0.15) is 0 Å². The van der Waals surface area contributed by atoms with Crippen LogP contribution in [0.25, 0.3) is 0 Å². The zero-order valence-corrected chi connectivity index (χ0v) is 12.4. The fraction of sp³-hybridized carbons (Fsp3) is 0.562. The Balaban J connectivity index is 3.08. The van der Waals surface area contributed by atoms with Gasteiger partial charge in [0.05, 0.1) is 19.1 Å². The predicted octanol–water partition coefficient (Wildman–Crippen LogP) is 2.99. The first-order valence-corrected chi connectivity index (χ1v) is 6.60. The van der Waals surface area contributed by atoms with E-state index in [-0.39, 0.29) is 17.3 Å². The van der Waals surface area contributed by atoms with E-state index in [9.17, 15) is 9.90 Å². The number of hydrogen-bond donors (Lipinski definition) is 1. The molecule has 3 nitrogen and oxygen atoms in total. The van der Waals surface area contributed by atoms with Gasteiger partial charge in [0.15, 0.2) is 0 Å². The minimum atomic E-state index is -0.754. The maximum absolute atomic E-state index is 12.0. The highest BCUT2D eigenvalue weighted by molar-refractivity contribution is 5.74. The first kappa shape index (κ1) is 15.7. The number of aliphatic hydroxyl groups is 1. The molecule has 1 aromatic rings. The van der Waals surface area contributed by atoms with Crippen LogP contribution in [0.3, 0.4) is 0 Å². The SMILES string of the molecule is COC(=O)[C@@H]([C@H](C)c1ccccc1)[C@H](O)C(C)(C)C. The summed E-state index contributed by atoms with van der Waals surface area (Å²) in [5.74, 6) is -1.02. The molecule has 0 spiro atoms. The van der Waals surface area contributed by atoms with Gasteiger partial charge in [0.25, 0.3) is 0 Å². The van der Waals surface area contributed by atoms with Gasteiger partial charge < -0.3 is 9.84 Å². The molecule has 0 fully saturated rings. The number of hydrogen-bond acceptors (Lipinski definition) is 3. The van der Waals surface area contributed by atoms with Crippen LogP contribution in [0.5, 0.6) is 0 Å². The smallest absolute Gasteiger partial charge is 0.311 e. The number of ether oxygens (including phenoxy) is 1. The number of methoxy groups -OCH3 is 1. The third-order valence-electron chi connectivity index (χ3n) is 3.56. The molecular weight excluding hydrogens is 240 g/mol. The van der Waals surface area contributed by atoms with Crippen LogP contribution in [-0.2, 0) is 9.53 Å². The van der Waals surface area contributed by atoms with Crippen LogP contribution in [0.15, 0.2) is 30.3 Å². The maximum Gasteiger partial charge on any atom is 0.311 e. The number of benzene rings is 1. The normalized spacial score (nSPS) is 16.5. The van der Waals surface area contributed by atoms with Crippen molar-refractivity contribution in [3.63, 3.8) is 0 Å². The van der Waals surface area contributed by atoms with E-state index in [4.69, 9.17) is 4.74 Å². The molecule has 0 bridgehead atoms. The first-order valence-electron chi connectivity index (χ1n) is 6.60. The monoisotopic (exact) mass is 264 g/mol. The van der Waals surface area contributed by atoms with E-state index in [0.29, 0.717) is 0 Å². The molecule has 0 aromatic heterocycles. The molecule has 0 heterocycles. The van der Waals surface area contributed by atoms with Crippen LogP contribution < -0.4 is 0 Å². The second kappa shape index (κ2) is 6.20. The molecular formula is C16H24O3. The van der Waals surface area contributed by atoms with Crippen LogP contribution in [-0.4, -0.2) is 24.3 Å². The third-order valence-corrected chi connectivity index (χ3v) is 3.56. The second-order valence-electron chi connectivity index (χ2n) is 6.06. The number of carbonyl (C=O) groups is 1. The van der Waals surface area contributed by atoms with Crippen molar-refractivity contribution in [1.29, 1.82) is 0 Å². The van der Waals surface area contributed by atoms with Gasteiger partial charge in [0.1, 0.15) is 0 Å². The molecule has 1 aromatic carbocycles. The second-order valence-corrected chi connectivity index (χ2v) is 6.06. The lowest BCUT2D eigenvalue weighted by Gasteiger charge is -2.34. The molecule has 0 radical (unpaired) electrons. The Morgan fingerprint density at radius 1 is 1.21 bits per heavy atom. The molecule has 0 saturated heterocycles. The summed E-state index contributed by atoms with van der Waals surface area (Å²) in [7, 11) is 1.36. The molecule has 1 N–H and O–H groups in total. The highest BCUT2D eigenvalue weighted by Gasteiger charge is 2.39. The summed E-state index contributed by atoms with van der Waals surface area (Å²) >= 11 is 0. The molecule has 3 heteroatoms. The Bertz CT molecular complexity index is 406.